The van der Waals surface area contributed by atoms with Crippen molar-refractivity contribution in [3.05, 3.63) is 35.4 Å². The van der Waals surface area contributed by atoms with Gasteiger partial charge in [0.1, 0.15) is 0 Å². The van der Waals surface area contributed by atoms with Crippen molar-refractivity contribution in [2.45, 2.75) is 25.4 Å². The van der Waals surface area contributed by atoms with Crippen molar-refractivity contribution in [2.75, 3.05) is 6.61 Å². The zero-order valence-corrected chi connectivity index (χ0v) is 9.83. The van der Waals surface area contributed by atoms with E-state index < -0.39 is 23.6 Å². The molecule has 0 heterocycles. The number of ether oxygens (including phenoxy) is 1. The van der Waals surface area contributed by atoms with Gasteiger partial charge in [-0.15, -0.1) is 0 Å². The van der Waals surface area contributed by atoms with Crippen LogP contribution in [0.1, 0.15) is 30.4 Å². The second-order valence-corrected chi connectivity index (χ2v) is 4.29. The van der Waals surface area contributed by atoms with Gasteiger partial charge in [-0.2, -0.15) is 13.2 Å². The Kier molecular flexibility index (Phi) is 3.32. The summed E-state index contributed by atoms with van der Waals surface area (Å²) in [4.78, 5) is 11.4. The number of benzene rings is 1. The molecular formula is C13H13F3O2. The second kappa shape index (κ2) is 4.63. The summed E-state index contributed by atoms with van der Waals surface area (Å²) in [7, 11) is 0. The minimum Gasteiger partial charge on any atom is -0.466 e. The van der Waals surface area contributed by atoms with Crippen LogP contribution in [0, 0.1) is 5.92 Å². The summed E-state index contributed by atoms with van der Waals surface area (Å²) < 4.78 is 43.2. The van der Waals surface area contributed by atoms with E-state index in [4.69, 9.17) is 4.74 Å². The molecule has 1 aliphatic carbocycles. The van der Waals surface area contributed by atoms with Crippen LogP contribution < -0.4 is 0 Å². The van der Waals surface area contributed by atoms with Crippen LogP contribution in [0.15, 0.2) is 24.3 Å². The molecule has 1 saturated carbocycles. The molecule has 5 heteroatoms. The van der Waals surface area contributed by atoms with E-state index in [1.54, 1.807) is 13.0 Å². The summed E-state index contributed by atoms with van der Waals surface area (Å²) in [5.41, 5.74) is -0.454. The van der Waals surface area contributed by atoms with E-state index in [-0.39, 0.29) is 18.1 Å². The fraction of sp³-hybridized carbons (Fsp3) is 0.462. The van der Waals surface area contributed by atoms with Crippen LogP contribution >= 0.6 is 0 Å². The monoisotopic (exact) mass is 258 g/mol. The molecule has 98 valence electrons. The SMILES string of the molecule is CCOC(=O)C1CC1c1ccccc1C(F)(F)F. The van der Waals surface area contributed by atoms with Crippen molar-refractivity contribution in [1.82, 2.24) is 0 Å². The number of alkyl halides is 3. The van der Waals surface area contributed by atoms with E-state index >= 15 is 0 Å². The van der Waals surface area contributed by atoms with Gasteiger partial charge in [-0.3, -0.25) is 4.79 Å². The second-order valence-electron chi connectivity index (χ2n) is 4.29. The van der Waals surface area contributed by atoms with Gasteiger partial charge in [0.05, 0.1) is 18.1 Å². The highest BCUT2D eigenvalue weighted by Gasteiger charge is 2.48. The smallest absolute Gasteiger partial charge is 0.416 e. The predicted molar refractivity (Wildman–Crippen MR) is 58.9 cm³/mol. The Morgan fingerprint density at radius 1 is 1.39 bits per heavy atom. The molecule has 2 unspecified atom stereocenters. The van der Waals surface area contributed by atoms with Gasteiger partial charge in [-0.05, 0) is 30.9 Å². The van der Waals surface area contributed by atoms with Crippen molar-refractivity contribution in [1.29, 1.82) is 0 Å². The third-order valence-corrected chi connectivity index (χ3v) is 3.05. The minimum absolute atomic E-state index is 0.197. The maximum absolute atomic E-state index is 12.8. The number of hydrogen-bond donors (Lipinski definition) is 0. The molecule has 0 radical (unpaired) electrons. The molecule has 2 rings (SSSR count). The topological polar surface area (TPSA) is 26.3 Å². The van der Waals surface area contributed by atoms with Gasteiger partial charge >= 0.3 is 12.1 Å². The Labute approximate surface area is 103 Å². The highest BCUT2D eigenvalue weighted by molar-refractivity contribution is 5.77. The molecule has 0 spiro atoms. The molecule has 0 N–H and O–H groups in total. The Bertz CT molecular complexity index is 454. The highest BCUT2D eigenvalue weighted by Crippen LogP contribution is 2.51. The number of carbonyl (C=O) groups is 1. The third kappa shape index (κ3) is 2.49. The van der Waals surface area contributed by atoms with Crippen molar-refractivity contribution in [3.63, 3.8) is 0 Å². The molecule has 0 amide bonds. The number of carbonyl (C=O) groups excluding carboxylic acids is 1. The van der Waals surface area contributed by atoms with E-state index in [0.717, 1.165) is 6.07 Å². The van der Waals surface area contributed by atoms with Crippen LogP contribution in [0.2, 0.25) is 0 Å². The normalized spacial score (nSPS) is 22.7. The lowest BCUT2D eigenvalue weighted by Gasteiger charge is -2.12. The molecular weight excluding hydrogens is 245 g/mol. The molecule has 0 saturated heterocycles. The van der Waals surface area contributed by atoms with Gasteiger partial charge in [0, 0.05) is 0 Å². The molecule has 0 aliphatic heterocycles. The minimum atomic E-state index is -4.38. The molecule has 18 heavy (non-hydrogen) atoms. The Morgan fingerprint density at radius 2 is 2.06 bits per heavy atom. The quantitative estimate of drug-likeness (QED) is 0.777. The summed E-state index contributed by atoms with van der Waals surface area (Å²) in [6.07, 6.45) is -3.94. The molecule has 0 aromatic heterocycles. The molecule has 1 aromatic rings. The zero-order valence-electron chi connectivity index (χ0n) is 9.83. The average molecular weight is 258 g/mol. The van der Waals surface area contributed by atoms with Gasteiger partial charge < -0.3 is 4.74 Å². The van der Waals surface area contributed by atoms with Gasteiger partial charge in [0.2, 0.25) is 0 Å². The number of rotatable bonds is 3. The average Bonchev–Trinajstić information content (AvgIpc) is 3.08. The van der Waals surface area contributed by atoms with Gasteiger partial charge in [0.25, 0.3) is 0 Å². The van der Waals surface area contributed by atoms with Gasteiger partial charge in [0.15, 0.2) is 0 Å². The van der Waals surface area contributed by atoms with Crippen molar-refractivity contribution in [2.24, 2.45) is 5.92 Å². The maximum Gasteiger partial charge on any atom is 0.416 e. The molecule has 1 aromatic carbocycles. The molecule has 2 atom stereocenters. The summed E-state index contributed by atoms with van der Waals surface area (Å²) in [5.74, 6) is -1.19. The fourth-order valence-corrected chi connectivity index (χ4v) is 2.13. The van der Waals surface area contributed by atoms with Crippen LogP contribution in [-0.4, -0.2) is 12.6 Å². The standard InChI is InChI=1S/C13H13F3O2/c1-2-18-12(17)10-7-9(10)8-5-3-4-6-11(8)13(14,15)16/h3-6,9-10H,2,7H2,1H3. The largest absolute Gasteiger partial charge is 0.466 e. The first-order valence-electron chi connectivity index (χ1n) is 5.78. The zero-order chi connectivity index (χ0) is 13.3. The molecule has 1 fully saturated rings. The van der Waals surface area contributed by atoms with Crippen LogP contribution in [0.3, 0.4) is 0 Å². The molecule has 0 bridgehead atoms. The Hall–Kier alpha value is -1.52. The van der Waals surface area contributed by atoms with Crippen molar-refractivity contribution in [3.8, 4) is 0 Å². The number of hydrogen-bond acceptors (Lipinski definition) is 2. The highest BCUT2D eigenvalue weighted by atomic mass is 19.4. The van der Waals surface area contributed by atoms with E-state index in [9.17, 15) is 18.0 Å². The third-order valence-electron chi connectivity index (χ3n) is 3.05. The lowest BCUT2D eigenvalue weighted by molar-refractivity contribution is -0.145. The van der Waals surface area contributed by atoms with Crippen LogP contribution in [0.5, 0.6) is 0 Å². The summed E-state index contributed by atoms with van der Waals surface area (Å²) >= 11 is 0. The first-order valence-corrected chi connectivity index (χ1v) is 5.78. The van der Waals surface area contributed by atoms with Crippen LogP contribution in [0.25, 0.3) is 0 Å². The summed E-state index contributed by atoms with van der Waals surface area (Å²) in [5, 5.41) is 0. The van der Waals surface area contributed by atoms with Crippen LogP contribution in [-0.2, 0) is 15.7 Å². The van der Waals surface area contributed by atoms with Gasteiger partial charge in [-0.1, -0.05) is 18.2 Å². The van der Waals surface area contributed by atoms with Crippen LogP contribution in [0.4, 0.5) is 13.2 Å². The van der Waals surface area contributed by atoms with E-state index in [1.807, 2.05) is 0 Å². The lowest BCUT2D eigenvalue weighted by Crippen LogP contribution is -2.11. The summed E-state index contributed by atoms with van der Waals surface area (Å²) in [6.45, 7) is 1.93. The number of esters is 1. The Balaban J connectivity index is 2.19. The van der Waals surface area contributed by atoms with E-state index in [2.05, 4.69) is 0 Å². The first kappa shape index (κ1) is 12.9. The van der Waals surface area contributed by atoms with Crippen molar-refractivity contribution < 1.29 is 22.7 Å². The molecule has 1 aliphatic rings. The summed E-state index contributed by atoms with van der Waals surface area (Å²) in [6, 6.07) is 5.40. The maximum atomic E-state index is 12.8. The van der Waals surface area contributed by atoms with Gasteiger partial charge in [-0.25, -0.2) is 0 Å². The predicted octanol–water partition coefficient (Wildman–Crippen LogP) is 3.37. The van der Waals surface area contributed by atoms with E-state index in [1.165, 1.54) is 12.1 Å². The lowest BCUT2D eigenvalue weighted by atomic mass is 10.0. The Morgan fingerprint density at radius 3 is 2.67 bits per heavy atom. The molecule has 2 nitrogen and oxygen atoms in total. The number of halogens is 3. The van der Waals surface area contributed by atoms with E-state index in [0.29, 0.717) is 6.42 Å². The van der Waals surface area contributed by atoms with Crippen molar-refractivity contribution >= 4 is 5.97 Å². The first-order chi connectivity index (χ1) is 8.45. The fourth-order valence-electron chi connectivity index (χ4n) is 2.13.